The molecule has 0 saturated carbocycles. The standard InChI is InChI=1S/C13H9ClF4N4O3/c14-10-8(5-20-22-11(10)23)21-19-4-6-1-2-7(24-12(15)16)3-9(6)25-13(17)18/h1-5,12-13H,(H2,21,22,23)/b19-4-. The van der Waals surface area contributed by atoms with Crippen molar-refractivity contribution in [3.63, 3.8) is 0 Å². The monoisotopic (exact) mass is 380 g/mol. The number of H-pyrrole nitrogens is 1. The van der Waals surface area contributed by atoms with Gasteiger partial charge in [-0.25, -0.2) is 5.10 Å². The minimum absolute atomic E-state index is 0.0309. The third-order valence-electron chi connectivity index (χ3n) is 2.61. The molecule has 0 amide bonds. The molecular formula is C13H9ClF4N4O3. The van der Waals surface area contributed by atoms with E-state index in [9.17, 15) is 22.4 Å². The summed E-state index contributed by atoms with van der Waals surface area (Å²) in [6.45, 7) is -6.31. The van der Waals surface area contributed by atoms with Gasteiger partial charge in [-0.3, -0.25) is 10.2 Å². The van der Waals surface area contributed by atoms with Gasteiger partial charge in [0, 0.05) is 11.6 Å². The number of hydrazone groups is 1. The molecule has 25 heavy (non-hydrogen) atoms. The third-order valence-corrected chi connectivity index (χ3v) is 2.99. The van der Waals surface area contributed by atoms with Crippen LogP contribution in [0.25, 0.3) is 0 Å². The largest absolute Gasteiger partial charge is 0.435 e. The van der Waals surface area contributed by atoms with E-state index in [-0.39, 0.29) is 22.0 Å². The smallest absolute Gasteiger partial charge is 0.387 e. The van der Waals surface area contributed by atoms with Gasteiger partial charge in [-0.2, -0.15) is 27.8 Å². The molecule has 7 nitrogen and oxygen atoms in total. The number of hydrogen-bond acceptors (Lipinski definition) is 6. The highest BCUT2D eigenvalue weighted by molar-refractivity contribution is 6.32. The van der Waals surface area contributed by atoms with Crippen molar-refractivity contribution in [1.82, 2.24) is 10.2 Å². The van der Waals surface area contributed by atoms with Gasteiger partial charge in [-0.1, -0.05) is 11.6 Å². The molecule has 0 atom stereocenters. The maximum absolute atomic E-state index is 12.4. The second-order valence-electron chi connectivity index (χ2n) is 4.25. The van der Waals surface area contributed by atoms with Crippen LogP contribution in [0.3, 0.4) is 0 Å². The summed E-state index contributed by atoms with van der Waals surface area (Å²) in [5.41, 5.74) is 1.83. The van der Waals surface area contributed by atoms with E-state index < -0.39 is 24.5 Å². The predicted molar refractivity (Wildman–Crippen MR) is 80.8 cm³/mol. The van der Waals surface area contributed by atoms with Crippen LogP contribution in [-0.2, 0) is 0 Å². The first kappa shape index (κ1) is 18.5. The Hall–Kier alpha value is -2.82. The fraction of sp³-hybridized carbons (Fsp3) is 0.154. The number of hydrogen-bond donors (Lipinski definition) is 2. The van der Waals surface area contributed by atoms with Gasteiger partial charge in [0.2, 0.25) is 0 Å². The van der Waals surface area contributed by atoms with Crippen molar-refractivity contribution < 1.29 is 27.0 Å². The van der Waals surface area contributed by atoms with Crippen LogP contribution < -0.4 is 20.5 Å². The first-order valence-corrected chi connectivity index (χ1v) is 6.80. The highest BCUT2D eigenvalue weighted by Gasteiger charge is 2.12. The van der Waals surface area contributed by atoms with E-state index in [2.05, 4.69) is 30.2 Å². The number of aromatic amines is 1. The highest BCUT2D eigenvalue weighted by atomic mass is 35.5. The molecule has 1 aromatic heterocycles. The number of nitrogens with zero attached hydrogens (tertiary/aromatic N) is 2. The number of anilines is 1. The predicted octanol–water partition coefficient (Wildman–Crippen LogP) is 3.07. The number of nitrogens with one attached hydrogen (secondary N) is 2. The number of halogens is 5. The lowest BCUT2D eigenvalue weighted by Crippen LogP contribution is -2.10. The number of rotatable bonds is 7. The Labute approximate surface area is 142 Å². The lowest BCUT2D eigenvalue weighted by Gasteiger charge is -2.10. The second-order valence-corrected chi connectivity index (χ2v) is 4.63. The highest BCUT2D eigenvalue weighted by Crippen LogP contribution is 2.26. The Morgan fingerprint density at radius 1 is 1.24 bits per heavy atom. The summed E-state index contributed by atoms with van der Waals surface area (Å²) in [4.78, 5) is 11.3. The number of benzene rings is 1. The molecule has 2 aromatic rings. The summed E-state index contributed by atoms with van der Waals surface area (Å²) in [6, 6.07) is 3.16. The van der Waals surface area contributed by atoms with Crippen molar-refractivity contribution in [2.75, 3.05) is 5.43 Å². The summed E-state index contributed by atoms with van der Waals surface area (Å²) in [5.74, 6) is -0.800. The van der Waals surface area contributed by atoms with Crippen LogP contribution in [0.1, 0.15) is 5.56 Å². The molecule has 0 fully saturated rings. The molecule has 0 spiro atoms. The zero-order valence-electron chi connectivity index (χ0n) is 12.1. The average Bonchev–Trinajstić information content (AvgIpc) is 2.52. The van der Waals surface area contributed by atoms with Crippen molar-refractivity contribution in [2.24, 2.45) is 5.10 Å². The van der Waals surface area contributed by atoms with E-state index in [1.165, 1.54) is 12.3 Å². The quantitative estimate of drug-likeness (QED) is 0.438. The van der Waals surface area contributed by atoms with E-state index >= 15 is 0 Å². The number of aromatic nitrogens is 2. The van der Waals surface area contributed by atoms with Gasteiger partial charge >= 0.3 is 13.2 Å². The molecule has 0 aliphatic rings. The SMILES string of the molecule is O=c1[nH]ncc(N/N=C\c2ccc(OC(F)F)cc2OC(F)F)c1Cl. The lowest BCUT2D eigenvalue weighted by molar-refractivity contribution is -0.0543. The molecule has 134 valence electrons. The molecule has 0 aliphatic heterocycles. The van der Waals surface area contributed by atoms with E-state index in [1.807, 2.05) is 0 Å². The molecule has 12 heteroatoms. The van der Waals surface area contributed by atoms with Crippen molar-refractivity contribution in [2.45, 2.75) is 13.2 Å². The van der Waals surface area contributed by atoms with Crippen LogP contribution in [0.2, 0.25) is 5.02 Å². The van der Waals surface area contributed by atoms with Gasteiger partial charge in [0.05, 0.1) is 12.4 Å². The minimum Gasteiger partial charge on any atom is -0.435 e. The Balaban J connectivity index is 2.21. The fourth-order valence-electron chi connectivity index (χ4n) is 1.63. The topological polar surface area (TPSA) is 88.6 Å². The number of ether oxygens (including phenoxy) is 2. The zero-order valence-corrected chi connectivity index (χ0v) is 12.8. The summed E-state index contributed by atoms with van der Waals surface area (Å²) in [7, 11) is 0. The normalized spacial score (nSPS) is 11.3. The van der Waals surface area contributed by atoms with Crippen LogP contribution in [0.5, 0.6) is 11.5 Å². The lowest BCUT2D eigenvalue weighted by atomic mass is 10.2. The molecule has 0 bridgehead atoms. The molecule has 0 aliphatic carbocycles. The molecule has 2 rings (SSSR count). The van der Waals surface area contributed by atoms with Crippen LogP contribution >= 0.6 is 11.6 Å². The van der Waals surface area contributed by atoms with E-state index in [0.29, 0.717) is 0 Å². The van der Waals surface area contributed by atoms with Gasteiger partial charge in [0.25, 0.3) is 5.56 Å². The second kappa shape index (κ2) is 8.33. The summed E-state index contributed by atoms with van der Waals surface area (Å²) >= 11 is 5.71. The van der Waals surface area contributed by atoms with Crippen molar-refractivity contribution in [1.29, 1.82) is 0 Å². The Bertz CT molecular complexity index is 816. The number of alkyl halides is 4. The van der Waals surface area contributed by atoms with Crippen molar-refractivity contribution in [3.05, 3.63) is 45.3 Å². The Morgan fingerprint density at radius 2 is 1.96 bits per heavy atom. The Kier molecular flexibility index (Phi) is 6.17. The maximum atomic E-state index is 12.4. The first-order valence-electron chi connectivity index (χ1n) is 6.42. The van der Waals surface area contributed by atoms with Crippen molar-refractivity contribution >= 4 is 23.5 Å². The van der Waals surface area contributed by atoms with Crippen LogP contribution in [0.15, 0.2) is 34.3 Å². The maximum Gasteiger partial charge on any atom is 0.387 e. The van der Waals surface area contributed by atoms with E-state index in [0.717, 1.165) is 18.3 Å². The molecule has 1 heterocycles. The fourth-order valence-corrected chi connectivity index (χ4v) is 1.76. The average molecular weight is 381 g/mol. The molecule has 0 saturated heterocycles. The van der Waals surface area contributed by atoms with Gasteiger partial charge in [0.15, 0.2) is 0 Å². The third kappa shape index (κ3) is 5.35. The molecule has 0 unspecified atom stereocenters. The summed E-state index contributed by atoms with van der Waals surface area (Å²) in [6.07, 6.45) is 2.23. The van der Waals surface area contributed by atoms with E-state index in [4.69, 9.17) is 11.6 Å². The summed E-state index contributed by atoms with van der Waals surface area (Å²) < 4.78 is 57.6. The molecular weight excluding hydrogens is 372 g/mol. The molecule has 2 N–H and O–H groups in total. The zero-order chi connectivity index (χ0) is 18.4. The van der Waals surface area contributed by atoms with Gasteiger partial charge in [-0.15, -0.1) is 0 Å². The van der Waals surface area contributed by atoms with Crippen LogP contribution in [0.4, 0.5) is 23.2 Å². The van der Waals surface area contributed by atoms with Crippen molar-refractivity contribution in [3.8, 4) is 11.5 Å². The van der Waals surface area contributed by atoms with Gasteiger partial charge in [-0.05, 0) is 12.1 Å². The Morgan fingerprint density at radius 3 is 2.64 bits per heavy atom. The first-order chi connectivity index (χ1) is 11.9. The minimum atomic E-state index is -3.19. The van der Waals surface area contributed by atoms with Crippen LogP contribution in [0, 0.1) is 0 Å². The van der Waals surface area contributed by atoms with Crippen LogP contribution in [-0.4, -0.2) is 29.6 Å². The summed E-state index contributed by atoms with van der Waals surface area (Å²) in [5, 5.41) is 9.08. The van der Waals surface area contributed by atoms with E-state index in [1.54, 1.807) is 0 Å². The molecule has 1 aromatic carbocycles. The van der Waals surface area contributed by atoms with Gasteiger partial charge < -0.3 is 9.47 Å². The van der Waals surface area contributed by atoms with Gasteiger partial charge in [0.1, 0.15) is 22.2 Å². The molecule has 0 radical (unpaired) electrons.